The van der Waals surface area contributed by atoms with Crippen LogP contribution in [0.5, 0.6) is 11.6 Å². The molecule has 5 nitrogen and oxygen atoms in total. The van der Waals surface area contributed by atoms with Gasteiger partial charge in [-0.3, -0.25) is 0 Å². The molecule has 2 aromatic carbocycles. The van der Waals surface area contributed by atoms with Crippen molar-refractivity contribution in [2.75, 3.05) is 11.1 Å². The van der Waals surface area contributed by atoms with E-state index in [0.29, 0.717) is 23.2 Å². The van der Waals surface area contributed by atoms with Gasteiger partial charge in [0.05, 0.1) is 0 Å². The summed E-state index contributed by atoms with van der Waals surface area (Å²) in [7, 11) is 0. The minimum atomic E-state index is -0.310. The van der Waals surface area contributed by atoms with E-state index >= 15 is 0 Å². The monoisotopic (exact) mass is 338 g/mol. The molecule has 0 saturated carbocycles. The average molecular weight is 338 g/mol. The third-order valence-electron chi connectivity index (χ3n) is 3.72. The molecular formula is C19H19FN4O. The molecule has 0 unspecified atom stereocenters. The van der Waals surface area contributed by atoms with Gasteiger partial charge in [0.1, 0.15) is 23.6 Å². The minimum Gasteiger partial charge on any atom is -0.437 e. The van der Waals surface area contributed by atoms with E-state index in [1.54, 1.807) is 12.1 Å². The van der Waals surface area contributed by atoms with Crippen molar-refractivity contribution in [3.8, 4) is 11.6 Å². The fourth-order valence-corrected chi connectivity index (χ4v) is 2.26. The number of anilines is 3. The Morgan fingerprint density at radius 3 is 2.32 bits per heavy atom. The zero-order valence-electron chi connectivity index (χ0n) is 14.0. The van der Waals surface area contributed by atoms with Gasteiger partial charge in [0.2, 0.25) is 5.88 Å². The molecule has 0 amide bonds. The van der Waals surface area contributed by atoms with Crippen molar-refractivity contribution in [1.82, 2.24) is 9.97 Å². The largest absolute Gasteiger partial charge is 0.437 e. The Balaban J connectivity index is 1.79. The van der Waals surface area contributed by atoms with Crippen LogP contribution in [0.15, 0.2) is 54.9 Å². The van der Waals surface area contributed by atoms with E-state index < -0.39 is 0 Å². The highest BCUT2D eigenvalue weighted by Crippen LogP contribution is 2.31. The summed E-state index contributed by atoms with van der Waals surface area (Å²) in [6, 6.07) is 13.7. The highest BCUT2D eigenvalue weighted by molar-refractivity contribution is 5.72. The predicted octanol–water partition coefficient (Wildman–Crippen LogP) is 4.86. The molecule has 0 spiro atoms. The second kappa shape index (κ2) is 7.17. The normalized spacial score (nSPS) is 10.7. The number of hydrogen-bond donors (Lipinski definition) is 2. The molecule has 3 rings (SSSR count). The van der Waals surface area contributed by atoms with Crippen molar-refractivity contribution >= 4 is 17.2 Å². The third-order valence-corrected chi connectivity index (χ3v) is 3.72. The summed E-state index contributed by atoms with van der Waals surface area (Å²) in [4.78, 5) is 8.20. The van der Waals surface area contributed by atoms with Crippen LogP contribution in [0.3, 0.4) is 0 Å². The molecule has 1 heterocycles. The SMILES string of the molecule is CC(C)c1ccc(Oc2ncnc(Nc3ccc(F)cc3)c2N)cc1. The van der Waals surface area contributed by atoms with Crippen LogP contribution >= 0.6 is 0 Å². The fraction of sp³-hybridized carbons (Fsp3) is 0.158. The second-order valence-corrected chi connectivity index (χ2v) is 5.90. The van der Waals surface area contributed by atoms with Crippen molar-refractivity contribution in [2.45, 2.75) is 19.8 Å². The van der Waals surface area contributed by atoms with Crippen molar-refractivity contribution in [3.63, 3.8) is 0 Å². The quantitative estimate of drug-likeness (QED) is 0.695. The first-order valence-corrected chi connectivity index (χ1v) is 7.94. The number of benzene rings is 2. The summed E-state index contributed by atoms with van der Waals surface area (Å²) < 4.78 is 18.8. The van der Waals surface area contributed by atoms with Gasteiger partial charge in [-0.15, -0.1) is 0 Å². The zero-order valence-corrected chi connectivity index (χ0v) is 14.0. The lowest BCUT2D eigenvalue weighted by Gasteiger charge is -2.12. The Hall–Kier alpha value is -3.15. The van der Waals surface area contributed by atoms with Gasteiger partial charge < -0.3 is 15.8 Å². The molecule has 128 valence electrons. The van der Waals surface area contributed by atoms with Gasteiger partial charge in [-0.1, -0.05) is 26.0 Å². The first-order valence-electron chi connectivity index (χ1n) is 7.94. The van der Waals surface area contributed by atoms with E-state index in [-0.39, 0.29) is 17.4 Å². The van der Waals surface area contributed by atoms with Crippen LogP contribution < -0.4 is 15.8 Å². The van der Waals surface area contributed by atoms with E-state index in [1.165, 1.54) is 24.0 Å². The van der Waals surface area contributed by atoms with Gasteiger partial charge in [-0.05, 0) is 47.9 Å². The number of nitrogen functional groups attached to an aromatic ring is 1. The Kier molecular flexibility index (Phi) is 4.79. The minimum absolute atomic E-state index is 0.261. The summed E-state index contributed by atoms with van der Waals surface area (Å²) in [5, 5.41) is 3.03. The van der Waals surface area contributed by atoms with Crippen LogP contribution in [0.2, 0.25) is 0 Å². The Morgan fingerprint density at radius 2 is 1.68 bits per heavy atom. The van der Waals surface area contributed by atoms with E-state index in [0.717, 1.165) is 0 Å². The lowest BCUT2D eigenvalue weighted by molar-refractivity contribution is 0.464. The second-order valence-electron chi connectivity index (χ2n) is 5.90. The van der Waals surface area contributed by atoms with Gasteiger partial charge in [0, 0.05) is 5.69 Å². The third kappa shape index (κ3) is 4.03. The van der Waals surface area contributed by atoms with E-state index in [4.69, 9.17) is 10.5 Å². The highest BCUT2D eigenvalue weighted by atomic mass is 19.1. The van der Waals surface area contributed by atoms with Gasteiger partial charge in [0.25, 0.3) is 0 Å². The molecule has 3 N–H and O–H groups in total. The molecule has 0 radical (unpaired) electrons. The number of hydrogen-bond acceptors (Lipinski definition) is 5. The maximum absolute atomic E-state index is 13.0. The number of nitrogens with two attached hydrogens (primary N) is 1. The molecule has 1 aromatic heterocycles. The molecule has 0 aliphatic heterocycles. The van der Waals surface area contributed by atoms with Gasteiger partial charge >= 0.3 is 0 Å². The standard InChI is InChI=1S/C19H19FN4O/c1-12(2)13-3-9-16(10-4-13)25-19-17(21)18(22-11-23-19)24-15-7-5-14(20)6-8-15/h3-12H,21H2,1-2H3,(H,22,23,24). The lowest BCUT2D eigenvalue weighted by atomic mass is 10.0. The number of rotatable bonds is 5. The van der Waals surface area contributed by atoms with E-state index in [1.807, 2.05) is 24.3 Å². The van der Waals surface area contributed by atoms with Crippen LogP contribution in [0.1, 0.15) is 25.3 Å². The maximum Gasteiger partial charge on any atom is 0.248 e. The number of nitrogens with zero attached hydrogens (tertiary/aromatic N) is 2. The van der Waals surface area contributed by atoms with Gasteiger partial charge in [0.15, 0.2) is 5.82 Å². The van der Waals surface area contributed by atoms with Gasteiger partial charge in [-0.2, -0.15) is 4.98 Å². The van der Waals surface area contributed by atoms with Crippen LogP contribution in [0.25, 0.3) is 0 Å². The zero-order chi connectivity index (χ0) is 17.8. The van der Waals surface area contributed by atoms with Crippen molar-refractivity contribution in [2.24, 2.45) is 0 Å². The van der Waals surface area contributed by atoms with Gasteiger partial charge in [-0.25, -0.2) is 9.37 Å². The lowest BCUT2D eigenvalue weighted by Crippen LogP contribution is -2.03. The average Bonchev–Trinajstić information content (AvgIpc) is 2.61. The van der Waals surface area contributed by atoms with Crippen molar-refractivity contribution in [1.29, 1.82) is 0 Å². The first-order chi connectivity index (χ1) is 12.0. The molecule has 0 aliphatic rings. The number of aromatic nitrogens is 2. The summed E-state index contributed by atoms with van der Waals surface area (Å²) in [6.45, 7) is 4.26. The van der Waals surface area contributed by atoms with Crippen molar-refractivity contribution in [3.05, 3.63) is 66.2 Å². The Labute approximate surface area is 145 Å². The number of halogens is 1. The van der Waals surface area contributed by atoms with E-state index in [2.05, 4.69) is 29.1 Å². The molecule has 6 heteroatoms. The summed E-state index contributed by atoms with van der Waals surface area (Å²) in [5.41, 5.74) is 8.27. The summed E-state index contributed by atoms with van der Waals surface area (Å²) in [6.07, 6.45) is 1.36. The van der Waals surface area contributed by atoms with E-state index in [9.17, 15) is 4.39 Å². The highest BCUT2D eigenvalue weighted by Gasteiger charge is 2.11. The molecule has 0 saturated heterocycles. The first kappa shape index (κ1) is 16.7. The topological polar surface area (TPSA) is 73.1 Å². The number of nitrogens with one attached hydrogen (secondary N) is 1. The Bertz CT molecular complexity index is 848. The molecule has 25 heavy (non-hydrogen) atoms. The van der Waals surface area contributed by atoms with Crippen LogP contribution in [-0.4, -0.2) is 9.97 Å². The molecule has 0 fully saturated rings. The molecule has 0 atom stereocenters. The fourth-order valence-electron chi connectivity index (χ4n) is 2.26. The molecule has 0 bridgehead atoms. The summed E-state index contributed by atoms with van der Waals surface area (Å²) in [5.74, 6) is 1.44. The smallest absolute Gasteiger partial charge is 0.248 e. The Morgan fingerprint density at radius 1 is 1.00 bits per heavy atom. The van der Waals surface area contributed by atoms with Crippen LogP contribution in [0.4, 0.5) is 21.6 Å². The van der Waals surface area contributed by atoms with Crippen LogP contribution in [0, 0.1) is 5.82 Å². The van der Waals surface area contributed by atoms with Crippen LogP contribution in [-0.2, 0) is 0 Å². The maximum atomic E-state index is 13.0. The predicted molar refractivity (Wildman–Crippen MR) is 96.7 cm³/mol. The molecule has 0 aliphatic carbocycles. The molecular weight excluding hydrogens is 319 g/mol. The number of ether oxygens (including phenoxy) is 1. The summed E-state index contributed by atoms with van der Waals surface area (Å²) >= 11 is 0. The van der Waals surface area contributed by atoms with Crippen molar-refractivity contribution < 1.29 is 9.13 Å². The molecule has 3 aromatic rings.